The highest BCUT2D eigenvalue weighted by atomic mass is 127. The first-order chi connectivity index (χ1) is 4.16. The van der Waals surface area contributed by atoms with Gasteiger partial charge in [0.1, 0.15) is 6.10 Å². The topological polar surface area (TPSA) is 29.5 Å². The minimum absolute atomic E-state index is 0.179. The highest BCUT2D eigenvalue weighted by Gasteiger charge is 1.99. The van der Waals surface area contributed by atoms with Gasteiger partial charge in [-0.25, -0.2) is 0 Å². The summed E-state index contributed by atoms with van der Waals surface area (Å²) in [4.78, 5) is 0. The molecule has 0 aromatic rings. The molecule has 0 aromatic carbocycles. The normalized spacial score (nSPS) is 15.6. The third-order valence-corrected chi connectivity index (χ3v) is 0.970. The Bertz CT molecular complexity index is 123. The van der Waals surface area contributed by atoms with E-state index in [0.717, 1.165) is 0 Å². The summed E-state index contributed by atoms with van der Waals surface area (Å²) in [6.07, 6.45) is -0.904. The summed E-state index contributed by atoms with van der Waals surface area (Å²) in [5, 5.41) is 8.66. The van der Waals surface area contributed by atoms with Crippen LogP contribution in [0.1, 0.15) is 13.8 Å². The van der Waals surface area contributed by atoms with Crippen molar-refractivity contribution in [3.8, 4) is 9.85 Å². The number of halogens is 1. The van der Waals surface area contributed by atoms with Gasteiger partial charge in [-0.2, -0.15) is 0 Å². The monoisotopic (exact) mass is 240 g/mol. The van der Waals surface area contributed by atoms with Crippen molar-refractivity contribution in [3.05, 3.63) is 0 Å². The Kier molecular flexibility index (Phi) is 5.15. The zero-order chi connectivity index (χ0) is 7.28. The molecule has 0 heterocycles. The lowest BCUT2D eigenvalue weighted by Crippen LogP contribution is -2.14. The first-order valence-corrected chi connectivity index (χ1v) is 3.69. The lowest BCUT2D eigenvalue weighted by atomic mass is 10.4. The Morgan fingerprint density at radius 3 is 2.44 bits per heavy atom. The Morgan fingerprint density at radius 1 is 1.56 bits per heavy atom. The van der Waals surface area contributed by atoms with Gasteiger partial charge in [0, 0.05) is 22.6 Å². The van der Waals surface area contributed by atoms with Crippen LogP contribution in [0.5, 0.6) is 0 Å². The van der Waals surface area contributed by atoms with Gasteiger partial charge in [0.2, 0.25) is 0 Å². The van der Waals surface area contributed by atoms with Crippen LogP contribution >= 0.6 is 22.6 Å². The molecule has 2 unspecified atom stereocenters. The molecule has 52 valence electrons. The SMILES string of the molecule is CC(O)OC(C)C#CI. The summed E-state index contributed by atoms with van der Waals surface area (Å²) >= 11 is 1.93. The van der Waals surface area contributed by atoms with E-state index in [4.69, 9.17) is 9.84 Å². The second-order valence-electron chi connectivity index (χ2n) is 1.62. The van der Waals surface area contributed by atoms with Crippen molar-refractivity contribution < 1.29 is 9.84 Å². The van der Waals surface area contributed by atoms with Crippen LogP contribution in [0.15, 0.2) is 0 Å². The Labute approximate surface area is 68.7 Å². The number of ether oxygens (including phenoxy) is 1. The van der Waals surface area contributed by atoms with Gasteiger partial charge in [-0.15, -0.1) is 0 Å². The summed E-state index contributed by atoms with van der Waals surface area (Å²) in [5.74, 6) is 2.73. The van der Waals surface area contributed by atoms with Crippen LogP contribution in [0.2, 0.25) is 0 Å². The molecular weight excluding hydrogens is 231 g/mol. The van der Waals surface area contributed by atoms with E-state index in [1.165, 1.54) is 0 Å². The lowest BCUT2D eigenvalue weighted by Gasteiger charge is -2.07. The summed E-state index contributed by atoms with van der Waals surface area (Å²) in [6.45, 7) is 3.35. The maximum atomic E-state index is 8.66. The van der Waals surface area contributed by atoms with Gasteiger partial charge in [0.05, 0.1) is 0 Å². The van der Waals surface area contributed by atoms with Crippen molar-refractivity contribution in [3.63, 3.8) is 0 Å². The largest absolute Gasteiger partial charge is 0.368 e. The minimum Gasteiger partial charge on any atom is -0.368 e. The van der Waals surface area contributed by atoms with Crippen molar-refractivity contribution in [2.45, 2.75) is 26.2 Å². The molecule has 0 amide bonds. The highest BCUT2D eigenvalue weighted by Crippen LogP contribution is 1.92. The van der Waals surface area contributed by atoms with E-state index in [0.29, 0.717) is 0 Å². The van der Waals surface area contributed by atoms with E-state index in [-0.39, 0.29) is 6.10 Å². The summed E-state index contributed by atoms with van der Waals surface area (Å²) in [6, 6.07) is 0. The van der Waals surface area contributed by atoms with Gasteiger partial charge in [0.25, 0.3) is 0 Å². The fraction of sp³-hybridized carbons (Fsp3) is 0.667. The maximum Gasteiger partial charge on any atom is 0.153 e. The molecule has 0 aromatic heterocycles. The van der Waals surface area contributed by atoms with Crippen molar-refractivity contribution in [2.75, 3.05) is 0 Å². The predicted octanol–water partition coefficient (Wildman–Crippen LogP) is 1.13. The molecule has 1 N–H and O–H groups in total. The third-order valence-electron chi connectivity index (χ3n) is 0.659. The van der Waals surface area contributed by atoms with Crippen molar-refractivity contribution >= 4 is 22.6 Å². The quantitative estimate of drug-likeness (QED) is 0.445. The zero-order valence-corrected chi connectivity index (χ0v) is 7.55. The second-order valence-corrected chi connectivity index (χ2v) is 2.16. The Balaban J connectivity index is 3.46. The Hall–Kier alpha value is 0.210. The maximum absolute atomic E-state index is 8.66. The van der Waals surface area contributed by atoms with E-state index in [2.05, 4.69) is 9.85 Å². The molecule has 0 bridgehead atoms. The van der Waals surface area contributed by atoms with Gasteiger partial charge in [-0.3, -0.25) is 0 Å². The van der Waals surface area contributed by atoms with Crippen LogP contribution in [-0.2, 0) is 4.74 Å². The number of aliphatic hydroxyl groups excluding tert-OH is 1. The van der Waals surface area contributed by atoms with E-state index in [1.54, 1.807) is 13.8 Å². The highest BCUT2D eigenvalue weighted by molar-refractivity contribution is 14.1. The van der Waals surface area contributed by atoms with E-state index in [1.807, 2.05) is 22.6 Å². The lowest BCUT2D eigenvalue weighted by molar-refractivity contribution is -0.101. The average Bonchev–Trinajstić information content (AvgIpc) is 1.63. The molecule has 0 spiro atoms. The zero-order valence-electron chi connectivity index (χ0n) is 5.39. The molecule has 0 aliphatic heterocycles. The number of hydrogen-bond acceptors (Lipinski definition) is 2. The van der Waals surface area contributed by atoms with E-state index < -0.39 is 6.29 Å². The van der Waals surface area contributed by atoms with Crippen LogP contribution in [0.4, 0.5) is 0 Å². The molecular formula is C6H9IO2. The number of aliphatic hydroxyl groups is 1. The fourth-order valence-corrected chi connectivity index (χ4v) is 0.845. The first-order valence-electron chi connectivity index (χ1n) is 2.61. The molecule has 0 aliphatic carbocycles. The van der Waals surface area contributed by atoms with Gasteiger partial charge in [-0.1, -0.05) is 5.92 Å². The van der Waals surface area contributed by atoms with Crippen LogP contribution in [0.3, 0.4) is 0 Å². The van der Waals surface area contributed by atoms with Crippen LogP contribution < -0.4 is 0 Å². The molecule has 0 aliphatic rings. The molecule has 0 saturated heterocycles. The second kappa shape index (κ2) is 5.03. The number of rotatable bonds is 2. The molecule has 0 radical (unpaired) electrons. The Morgan fingerprint density at radius 2 is 2.11 bits per heavy atom. The molecule has 2 nitrogen and oxygen atoms in total. The van der Waals surface area contributed by atoms with Crippen molar-refractivity contribution in [2.24, 2.45) is 0 Å². The van der Waals surface area contributed by atoms with Crippen LogP contribution in [-0.4, -0.2) is 17.5 Å². The average molecular weight is 240 g/mol. The van der Waals surface area contributed by atoms with Crippen molar-refractivity contribution in [1.29, 1.82) is 0 Å². The summed E-state index contributed by atoms with van der Waals surface area (Å²) in [7, 11) is 0. The molecule has 2 atom stereocenters. The molecule has 3 heteroatoms. The molecule has 9 heavy (non-hydrogen) atoms. The summed E-state index contributed by atoms with van der Waals surface area (Å²) < 4.78 is 7.52. The molecule has 0 saturated carbocycles. The van der Waals surface area contributed by atoms with Crippen LogP contribution in [0, 0.1) is 9.85 Å². The van der Waals surface area contributed by atoms with Gasteiger partial charge >= 0.3 is 0 Å². The standard InChI is InChI=1S/C6H9IO2/c1-5(3-4-7)9-6(2)8/h5-6,8H,1-2H3. The summed E-state index contributed by atoms with van der Waals surface area (Å²) in [5.41, 5.74) is 0. The molecule has 0 rings (SSSR count). The minimum atomic E-state index is -0.725. The third kappa shape index (κ3) is 6.09. The first kappa shape index (κ1) is 9.21. The van der Waals surface area contributed by atoms with Gasteiger partial charge in [-0.05, 0) is 17.8 Å². The van der Waals surface area contributed by atoms with Crippen molar-refractivity contribution in [1.82, 2.24) is 0 Å². The van der Waals surface area contributed by atoms with Gasteiger partial charge in [0.15, 0.2) is 6.29 Å². The number of hydrogen-bond donors (Lipinski definition) is 1. The predicted molar refractivity (Wildman–Crippen MR) is 44.0 cm³/mol. The fourth-order valence-electron chi connectivity index (χ4n) is 0.406. The van der Waals surface area contributed by atoms with Crippen LogP contribution in [0.25, 0.3) is 0 Å². The molecule has 0 fully saturated rings. The van der Waals surface area contributed by atoms with Gasteiger partial charge < -0.3 is 9.84 Å². The van der Waals surface area contributed by atoms with E-state index >= 15 is 0 Å². The van der Waals surface area contributed by atoms with E-state index in [9.17, 15) is 0 Å². The smallest absolute Gasteiger partial charge is 0.153 e.